The van der Waals surface area contributed by atoms with Gasteiger partial charge < -0.3 is 4.57 Å². The number of nitriles is 2. The smallest absolute Gasteiger partial charge is 0.0669 e. The summed E-state index contributed by atoms with van der Waals surface area (Å²) in [6.07, 6.45) is 0.646. The van der Waals surface area contributed by atoms with Gasteiger partial charge >= 0.3 is 0 Å². The molecule has 1 aromatic heterocycles. The lowest BCUT2D eigenvalue weighted by molar-refractivity contribution is 1.17. The largest absolute Gasteiger partial charge is 0.309 e. The summed E-state index contributed by atoms with van der Waals surface area (Å²) in [6, 6.07) is 35.8. The molecule has 0 aliphatic rings. The fourth-order valence-electron chi connectivity index (χ4n) is 4.40. The topological polar surface area (TPSA) is 52.5 Å². The fraction of sp³-hybridized carbons (Fsp3) is 0.0714. The van der Waals surface area contributed by atoms with Crippen molar-refractivity contribution >= 4 is 21.8 Å². The van der Waals surface area contributed by atoms with Crippen molar-refractivity contribution in [3.05, 3.63) is 102 Å². The molecule has 0 radical (unpaired) electrons. The van der Waals surface area contributed by atoms with Gasteiger partial charge in [0.05, 0.1) is 41.7 Å². The van der Waals surface area contributed by atoms with Gasteiger partial charge in [0.2, 0.25) is 0 Å². The van der Waals surface area contributed by atoms with Crippen LogP contribution < -0.4 is 0 Å². The SMILES string of the molecule is N#CCc1cc(CC#N)cc(-c2ccccc2-n2c3ccccc3c3ccccc32)c1. The zero-order chi connectivity index (χ0) is 21.2. The summed E-state index contributed by atoms with van der Waals surface area (Å²) >= 11 is 0. The third-order valence-corrected chi connectivity index (χ3v) is 5.65. The van der Waals surface area contributed by atoms with E-state index in [1.54, 1.807) is 0 Å². The van der Waals surface area contributed by atoms with Crippen LogP contribution in [-0.2, 0) is 12.8 Å². The van der Waals surface area contributed by atoms with Crippen LogP contribution in [0.3, 0.4) is 0 Å². The van der Waals surface area contributed by atoms with Gasteiger partial charge in [-0.05, 0) is 34.9 Å². The molecule has 4 aromatic carbocycles. The minimum atomic E-state index is 0.323. The Labute approximate surface area is 181 Å². The summed E-state index contributed by atoms with van der Waals surface area (Å²) < 4.78 is 2.31. The molecule has 0 aliphatic heterocycles. The van der Waals surface area contributed by atoms with Crippen LogP contribution in [0, 0.1) is 22.7 Å². The van der Waals surface area contributed by atoms with Crippen molar-refractivity contribution in [3.8, 4) is 29.0 Å². The van der Waals surface area contributed by atoms with E-state index in [0.29, 0.717) is 12.8 Å². The number of nitrogens with zero attached hydrogens (tertiary/aromatic N) is 3. The van der Waals surface area contributed by atoms with Crippen LogP contribution in [0.2, 0.25) is 0 Å². The van der Waals surface area contributed by atoms with Gasteiger partial charge in [0.15, 0.2) is 0 Å². The highest BCUT2D eigenvalue weighted by atomic mass is 15.0. The van der Waals surface area contributed by atoms with Crippen molar-refractivity contribution in [3.63, 3.8) is 0 Å². The average molecular weight is 397 g/mol. The summed E-state index contributed by atoms with van der Waals surface area (Å²) in [5.41, 5.74) is 7.35. The first-order valence-corrected chi connectivity index (χ1v) is 10.2. The Balaban J connectivity index is 1.81. The maximum absolute atomic E-state index is 9.22. The molecule has 1 heterocycles. The molecule has 31 heavy (non-hydrogen) atoms. The van der Waals surface area contributed by atoms with Gasteiger partial charge in [-0.3, -0.25) is 0 Å². The lowest BCUT2D eigenvalue weighted by Gasteiger charge is -2.15. The lowest BCUT2D eigenvalue weighted by Crippen LogP contribution is -1.98. The number of para-hydroxylation sites is 3. The zero-order valence-electron chi connectivity index (χ0n) is 16.9. The molecule has 146 valence electrons. The van der Waals surface area contributed by atoms with Crippen LogP contribution >= 0.6 is 0 Å². The van der Waals surface area contributed by atoms with Gasteiger partial charge in [0.25, 0.3) is 0 Å². The van der Waals surface area contributed by atoms with Crippen molar-refractivity contribution < 1.29 is 0 Å². The maximum Gasteiger partial charge on any atom is 0.0669 e. The molecule has 0 saturated carbocycles. The Morgan fingerprint density at radius 1 is 0.613 bits per heavy atom. The van der Waals surface area contributed by atoms with Crippen LogP contribution in [0.1, 0.15) is 11.1 Å². The average Bonchev–Trinajstić information content (AvgIpc) is 3.14. The van der Waals surface area contributed by atoms with Gasteiger partial charge in [-0.2, -0.15) is 10.5 Å². The van der Waals surface area contributed by atoms with Crippen LogP contribution in [-0.4, -0.2) is 4.57 Å². The number of hydrogen-bond donors (Lipinski definition) is 0. The second kappa shape index (κ2) is 7.82. The normalized spacial score (nSPS) is 10.8. The number of hydrogen-bond acceptors (Lipinski definition) is 2. The monoisotopic (exact) mass is 397 g/mol. The Morgan fingerprint density at radius 2 is 1.13 bits per heavy atom. The van der Waals surface area contributed by atoms with Crippen molar-refractivity contribution in [1.29, 1.82) is 10.5 Å². The van der Waals surface area contributed by atoms with E-state index in [2.05, 4.69) is 95.6 Å². The molecule has 0 amide bonds. The number of aromatic nitrogens is 1. The second-order valence-corrected chi connectivity index (χ2v) is 7.59. The van der Waals surface area contributed by atoms with E-state index in [0.717, 1.165) is 39.0 Å². The highest BCUT2D eigenvalue weighted by Crippen LogP contribution is 2.36. The van der Waals surface area contributed by atoms with Crippen LogP contribution in [0.15, 0.2) is 91.0 Å². The number of benzene rings is 4. The highest BCUT2D eigenvalue weighted by Gasteiger charge is 2.15. The summed E-state index contributed by atoms with van der Waals surface area (Å²) in [5.74, 6) is 0. The molecule has 5 rings (SSSR count). The third-order valence-electron chi connectivity index (χ3n) is 5.65. The Hall–Kier alpha value is -4.34. The van der Waals surface area contributed by atoms with E-state index in [9.17, 15) is 10.5 Å². The van der Waals surface area contributed by atoms with Gasteiger partial charge in [-0.1, -0.05) is 72.8 Å². The van der Waals surface area contributed by atoms with E-state index >= 15 is 0 Å². The molecule has 0 saturated heterocycles. The Bertz CT molecular complexity index is 1420. The number of fused-ring (bicyclic) bond motifs is 3. The summed E-state index contributed by atoms with van der Waals surface area (Å²) in [6.45, 7) is 0. The molecule has 5 aromatic rings. The van der Waals surface area contributed by atoms with Crippen LogP contribution in [0.5, 0.6) is 0 Å². The molecule has 0 unspecified atom stereocenters. The molecule has 0 bridgehead atoms. The molecule has 0 atom stereocenters. The maximum atomic E-state index is 9.22. The molecular weight excluding hydrogens is 378 g/mol. The first-order chi connectivity index (χ1) is 15.3. The first-order valence-electron chi connectivity index (χ1n) is 10.2. The first kappa shape index (κ1) is 18.7. The van der Waals surface area contributed by atoms with Crippen molar-refractivity contribution in [2.45, 2.75) is 12.8 Å². The Kier molecular flexibility index (Phi) is 4.71. The summed E-state index contributed by atoms with van der Waals surface area (Å²) in [7, 11) is 0. The number of rotatable bonds is 4. The van der Waals surface area contributed by atoms with Crippen molar-refractivity contribution in [1.82, 2.24) is 4.57 Å². The van der Waals surface area contributed by atoms with Gasteiger partial charge in [0.1, 0.15) is 0 Å². The van der Waals surface area contributed by atoms with E-state index < -0.39 is 0 Å². The summed E-state index contributed by atoms with van der Waals surface area (Å²) in [5, 5.41) is 20.9. The lowest BCUT2D eigenvalue weighted by atomic mass is 9.96. The minimum absolute atomic E-state index is 0.323. The molecule has 3 nitrogen and oxygen atoms in total. The minimum Gasteiger partial charge on any atom is -0.309 e. The van der Waals surface area contributed by atoms with Crippen molar-refractivity contribution in [2.24, 2.45) is 0 Å². The molecule has 0 N–H and O–H groups in total. The molecule has 0 aliphatic carbocycles. The molecule has 3 heteroatoms. The molecule has 0 fully saturated rings. The van der Waals surface area contributed by atoms with E-state index in [1.807, 2.05) is 12.1 Å². The van der Waals surface area contributed by atoms with Gasteiger partial charge in [0, 0.05) is 16.3 Å². The molecule has 0 spiro atoms. The molecular formula is C28H19N3. The predicted octanol–water partition coefficient (Wildman–Crippen LogP) is 6.58. The van der Waals surface area contributed by atoms with Crippen LogP contribution in [0.4, 0.5) is 0 Å². The van der Waals surface area contributed by atoms with Crippen molar-refractivity contribution in [2.75, 3.05) is 0 Å². The summed E-state index contributed by atoms with van der Waals surface area (Å²) in [4.78, 5) is 0. The third kappa shape index (κ3) is 3.23. The quantitative estimate of drug-likeness (QED) is 0.344. The zero-order valence-corrected chi connectivity index (χ0v) is 16.9. The standard InChI is InChI=1S/C28H19N3/c29-15-13-20-17-21(14-16-30)19-22(18-20)23-7-1-4-10-26(23)31-27-11-5-2-8-24(27)25-9-3-6-12-28(25)31/h1-12,17-19H,13-14H2. The van der Waals surface area contributed by atoms with E-state index in [1.165, 1.54) is 10.8 Å². The predicted molar refractivity (Wildman–Crippen MR) is 125 cm³/mol. The van der Waals surface area contributed by atoms with Gasteiger partial charge in [-0.15, -0.1) is 0 Å². The second-order valence-electron chi connectivity index (χ2n) is 7.59. The van der Waals surface area contributed by atoms with Gasteiger partial charge in [-0.25, -0.2) is 0 Å². The highest BCUT2D eigenvalue weighted by molar-refractivity contribution is 6.09. The van der Waals surface area contributed by atoms with E-state index in [4.69, 9.17) is 0 Å². The van der Waals surface area contributed by atoms with E-state index in [-0.39, 0.29) is 0 Å². The van der Waals surface area contributed by atoms with Crippen LogP contribution in [0.25, 0.3) is 38.6 Å². The Morgan fingerprint density at radius 3 is 1.71 bits per heavy atom. The fourth-order valence-corrected chi connectivity index (χ4v) is 4.40.